The molecule has 60 heavy (non-hydrogen) atoms. The molecular formula is C58H39NSi. The van der Waals surface area contributed by atoms with E-state index < -0.39 is 13.5 Å². The van der Waals surface area contributed by atoms with Gasteiger partial charge in [0.05, 0.1) is 16.8 Å². The van der Waals surface area contributed by atoms with Crippen molar-refractivity contribution in [3.8, 4) is 44.5 Å². The number of hydrogen-bond donors (Lipinski definition) is 0. The molecule has 2 heteroatoms. The second-order valence-electron chi connectivity index (χ2n) is 17.9. The average molecular weight is 778 g/mol. The summed E-state index contributed by atoms with van der Waals surface area (Å²) in [4.78, 5) is 2.59. The van der Waals surface area contributed by atoms with Gasteiger partial charge in [-0.3, -0.25) is 0 Å². The van der Waals surface area contributed by atoms with Gasteiger partial charge in [0, 0.05) is 11.1 Å². The molecule has 0 saturated carbocycles. The predicted molar refractivity (Wildman–Crippen MR) is 251 cm³/mol. The Balaban J connectivity index is 1.05. The molecule has 1 nitrogen and oxygen atoms in total. The number of anilines is 3. The highest BCUT2D eigenvalue weighted by atomic mass is 28.3. The summed E-state index contributed by atoms with van der Waals surface area (Å²) in [6, 6.07) is 77.2. The van der Waals surface area contributed by atoms with Gasteiger partial charge in [0.1, 0.15) is 0 Å². The molecule has 0 aromatic heterocycles. The van der Waals surface area contributed by atoms with Crippen molar-refractivity contribution in [2.24, 2.45) is 0 Å². The number of benzene rings is 9. The first-order chi connectivity index (χ1) is 29.5. The normalized spacial score (nSPS) is 16.2. The monoisotopic (exact) mass is 777 g/mol. The molecule has 9 aromatic rings. The van der Waals surface area contributed by atoms with Crippen LogP contribution in [0.15, 0.2) is 200 Å². The molecule has 0 amide bonds. The first-order valence-corrected chi connectivity index (χ1v) is 23.4. The van der Waals surface area contributed by atoms with E-state index in [1.54, 1.807) is 0 Å². The Labute approximate surface area is 351 Å². The third-order valence-electron chi connectivity index (χ3n) is 15.1. The van der Waals surface area contributed by atoms with E-state index in [0.717, 1.165) is 0 Å². The predicted octanol–water partition coefficient (Wildman–Crippen LogP) is 11.5. The average Bonchev–Trinajstić information content (AvgIpc) is 3.95. The Bertz CT molecular complexity index is 3280. The van der Waals surface area contributed by atoms with Gasteiger partial charge in [0.15, 0.2) is 8.07 Å². The second-order valence-corrected chi connectivity index (χ2v) is 21.6. The highest BCUT2D eigenvalue weighted by Crippen LogP contribution is 2.65. The van der Waals surface area contributed by atoms with Gasteiger partial charge in [0.2, 0.25) is 0 Å². The Morgan fingerprint density at radius 3 is 1.33 bits per heavy atom. The largest absolute Gasteiger partial charge is 0.310 e. The molecule has 280 valence electrons. The van der Waals surface area contributed by atoms with E-state index in [1.807, 2.05) is 0 Å². The van der Waals surface area contributed by atoms with Crippen molar-refractivity contribution < 1.29 is 0 Å². The van der Waals surface area contributed by atoms with Crippen LogP contribution in [-0.4, -0.2) is 8.07 Å². The summed E-state index contributed by atoms with van der Waals surface area (Å²) in [5.41, 5.74) is 22.2. The number of fused-ring (bicyclic) bond motifs is 22. The van der Waals surface area contributed by atoms with Crippen LogP contribution in [-0.2, 0) is 10.8 Å². The lowest BCUT2D eigenvalue weighted by Crippen LogP contribution is -2.70. The van der Waals surface area contributed by atoms with Gasteiger partial charge in [-0.05, 0) is 129 Å². The zero-order chi connectivity index (χ0) is 39.5. The van der Waals surface area contributed by atoms with Crippen molar-refractivity contribution in [2.75, 3.05) is 4.90 Å². The minimum atomic E-state index is -2.63. The van der Waals surface area contributed by atoms with Crippen LogP contribution < -0.4 is 25.6 Å². The Kier molecular flexibility index (Phi) is 6.13. The molecule has 0 fully saturated rings. The number of nitrogens with zero attached hydrogens (tertiary/aromatic N) is 1. The van der Waals surface area contributed by atoms with Crippen LogP contribution >= 0.6 is 0 Å². The van der Waals surface area contributed by atoms with Gasteiger partial charge >= 0.3 is 0 Å². The molecule has 0 saturated heterocycles. The lowest BCUT2D eigenvalue weighted by Gasteiger charge is -2.45. The molecular weight excluding hydrogens is 739 g/mol. The summed E-state index contributed by atoms with van der Waals surface area (Å²) in [6.45, 7) is 4.82. The van der Waals surface area contributed by atoms with E-state index in [1.165, 1.54) is 116 Å². The molecule has 0 N–H and O–H groups in total. The molecule has 3 aliphatic heterocycles. The summed E-state index contributed by atoms with van der Waals surface area (Å²) in [7, 11) is -2.63. The van der Waals surface area contributed by atoms with Crippen LogP contribution in [0.2, 0.25) is 0 Å². The van der Waals surface area contributed by atoms with Gasteiger partial charge in [-0.15, -0.1) is 0 Å². The van der Waals surface area contributed by atoms with E-state index in [4.69, 9.17) is 0 Å². The van der Waals surface area contributed by atoms with Crippen molar-refractivity contribution in [2.45, 2.75) is 24.7 Å². The number of rotatable bonds is 1. The highest BCUT2D eigenvalue weighted by molar-refractivity contribution is 7.24. The first kappa shape index (κ1) is 32.9. The van der Waals surface area contributed by atoms with Crippen LogP contribution in [0.1, 0.15) is 47.2 Å². The minimum absolute atomic E-state index is 0.115. The van der Waals surface area contributed by atoms with Crippen LogP contribution in [0.25, 0.3) is 44.5 Å². The second kappa shape index (κ2) is 11.2. The summed E-state index contributed by atoms with van der Waals surface area (Å²) >= 11 is 0. The van der Waals surface area contributed by atoms with Crippen molar-refractivity contribution >= 4 is 45.9 Å². The molecule has 0 unspecified atom stereocenters. The van der Waals surface area contributed by atoms with Crippen molar-refractivity contribution in [1.29, 1.82) is 0 Å². The first-order valence-electron chi connectivity index (χ1n) is 21.4. The van der Waals surface area contributed by atoms with Crippen molar-refractivity contribution in [3.05, 3.63) is 234 Å². The summed E-state index contributed by atoms with van der Waals surface area (Å²) < 4.78 is 0. The molecule has 2 spiro atoms. The highest BCUT2D eigenvalue weighted by Gasteiger charge is 2.56. The third-order valence-corrected chi connectivity index (χ3v) is 20.0. The molecule has 0 bridgehead atoms. The SMILES string of the molecule is CC1(C)c2ccccc2-c2cc3c(cc21)C1(c2ccccc2-3)c2ccccc2N(c2ccc3c(c2)[Si]2(c4ccccc4-c4ccccc42)c2ccccc2-3)c2ccccc21. The molecule has 5 aliphatic rings. The maximum absolute atomic E-state index is 2.63. The Morgan fingerprint density at radius 2 is 0.750 bits per heavy atom. The zero-order valence-corrected chi connectivity index (χ0v) is 34.5. The van der Waals surface area contributed by atoms with Crippen molar-refractivity contribution in [1.82, 2.24) is 0 Å². The standard InChI is InChI=1S/C58H39NSi/c1-57(2)45-22-8-3-17-37(45)43-34-44-38-18-4-9-23-46(38)58(50(44)35-49(43)57)47-24-10-12-26-51(47)59(52-27-13-11-25-48(52)58)36-31-32-42-41-21-7-16-30-55(41)60(56(42)33-36)53-28-14-5-19-39(53)40-20-6-15-29-54(40)60/h3-35H,1-2H3. The van der Waals surface area contributed by atoms with E-state index in [2.05, 4.69) is 219 Å². The summed E-state index contributed by atoms with van der Waals surface area (Å²) in [5.74, 6) is 0. The minimum Gasteiger partial charge on any atom is -0.310 e. The smallest absolute Gasteiger partial charge is 0.182 e. The van der Waals surface area contributed by atoms with Crippen molar-refractivity contribution in [3.63, 3.8) is 0 Å². The molecule has 0 atom stereocenters. The van der Waals surface area contributed by atoms with Gasteiger partial charge in [0.25, 0.3) is 0 Å². The van der Waals surface area contributed by atoms with Crippen LogP contribution in [0.4, 0.5) is 17.1 Å². The number of hydrogen-bond acceptors (Lipinski definition) is 1. The fourth-order valence-corrected chi connectivity index (χ4v) is 18.4. The van der Waals surface area contributed by atoms with Gasteiger partial charge in [-0.1, -0.05) is 184 Å². The summed E-state index contributed by atoms with van der Waals surface area (Å²) in [5, 5.41) is 6.00. The maximum atomic E-state index is 2.60. The molecule has 3 heterocycles. The Morgan fingerprint density at radius 1 is 0.317 bits per heavy atom. The van der Waals surface area contributed by atoms with Gasteiger partial charge < -0.3 is 4.90 Å². The fourth-order valence-electron chi connectivity index (χ4n) is 12.8. The molecule has 0 radical (unpaired) electrons. The van der Waals surface area contributed by atoms with Crippen LogP contribution in [0, 0.1) is 0 Å². The van der Waals surface area contributed by atoms with Crippen LogP contribution in [0.5, 0.6) is 0 Å². The van der Waals surface area contributed by atoms with Gasteiger partial charge in [-0.25, -0.2) is 0 Å². The molecule has 9 aromatic carbocycles. The fraction of sp³-hybridized carbons (Fsp3) is 0.0690. The zero-order valence-electron chi connectivity index (χ0n) is 33.5. The van der Waals surface area contributed by atoms with E-state index in [-0.39, 0.29) is 5.41 Å². The van der Waals surface area contributed by atoms with Gasteiger partial charge in [-0.2, -0.15) is 0 Å². The quantitative estimate of drug-likeness (QED) is 0.150. The van der Waals surface area contributed by atoms with E-state index in [0.29, 0.717) is 0 Å². The third kappa shape index (κ3) is 3.65. The lowest BCUT2D eigenvalue weighted by molar-refractivity contribution is 0.656. The Hall–Kier alpha value is -7.00. The van der Waals surface area contributed by atoms with Crippen LogP contribution in [0.3, 0.4) is 0 Å². The molecule has 14 rings (SSSR count). The number of para-hydroxylation sites is 2. The lowest BCUT2D eigenvalue weighted by atomic mass is 9.64. The van der Waals surface area contributed by atoms with E-state index in [9.17, 15) is 0 Å². The maximum Gasteiger partial charge on any atom is 0.182 e. The molecule has 2 aliphatic carbocycles. The summed E-state index contributed by atoms with van der Waals surface area (Å²) in [6.07, 6.45) is 0. The topological polar surface area (TPSA) is 3.24 Å². The van der Waals surface area contributed by atoms with E-state index >= 15 is 0 Å².